The molecule has 2 heterocycles. The minimum atomic E-state index is -0.760. The zero-order chi connectivity index (χ0) is 19.0. The first-order valence-electron chi connectivity index (χ1n) is 8.80. The summed E-state index contributed by atoms with van der Waals surface area (Å²) in [6.07, 6.45) is 0.650. The number of ether oxygens (including phenoxy) is 1. The van der Waals surface area contributed by atoms with Crippen LogP contribution in [0.15, 0.2) is 42.5 Å². The first-order valence-corrected chi connectivity index (χ1v) is 8.80. The molecule has 5 nitrogen and oxygen atoms in total. The zero-order valence-corrected chi connectivity index (χ0v) is 14.5. The molecule has 2 aliphatic rings. The van der Waals surface area contributed by atoms with Gasteiger partial charge in [0.15, 0.2) is 0 Å². The molecule has 0 aromatic heterocycles. The average Bonchev–Trinajstić information content (AvgIpc) is 3.03. The van der Waals surface area contributed by atoms with Crippen LogP contribution >= 0.6 is 0 Å². The summed E-state index contributed by atoms with van der Waals surface area (Å²) in [7, 11) is 0. The van der Waals surface area contributed by atoms with E-state index in [1.165, 1.54) is 4.90 Å². The fourth-order valence-electron chi connectivity index (χ4n) is 3.61. The number of rotatable bonds is 3. The molecule has 0 saturated carbocycles. The lowest BCUT2D eigenvalue weighted by atomic mass is 9.99. The van der Waals surface area contributed by atoms with E-state index in [9.17, 15) is 18.4 Å². The number of nitrogens with zero attached hydrogens (tertiary/aromatic N) is 1. The van der Waals surface area contributed by atoms with E-state index < -0.39 is 17.6 Å². The van der Waals surface area contributed by atoms with E-state index in [0.717, 1.165) is 29.5 Å². The topological polar surface area (TPSA) is 58.6 Å². The molecule has 0 radical (unpaired) electrons. The highest BCUT2D eigenvalue weighted by molar-refractivity contribution is 6.00. The molecule has 0 spiro atoms. The Bertz CT molecular complexity index is 882. The number of anilines is 1. The maximum Gasteiger partial charge on any atom is 0.227 e. The monoisotopic (exact) mass is 372 g/mol. The SMILES string of the molecule is O=C(N[C@H]1CCOc2ccccc21)[C@@H]1CC(=O)N(c2cc(F)cc(F)c2)C1. The number of nitrogens with one attached hydrogen (secondary N) is 1. The van der Waals surface area contributed by atoms with Crippen molar-refractivity contribution < 1.29 is 23.1 Å². The number of benzene rings is 2. The highest BCUT2D eigenvalue weighted by atomic mass is 19.1. The van der Waals surface area contributed by atoms with Gasteiger partial charge >= 0.3 is 0 Å². The number of halogens is 2. The van der Waals surface area contributed by atoms with Gasteiger partial charge in [-0.1, -0.05) is 18.2 Å². The van der Waals surface area contributed by atoms with E-state index in [1.54, 1.807) is 0 Å². The lowest BCUT2D eigenvalue weighted by molar-refractivity contribution is -0.127. The van der Waals surface area contributed by atoms with Crippen LogP contribution in [0.1, 0.15) is 24.4 Å². The molecule has 4 rings (SSSR count). The number of hydrogen-bond donors (Lipinski definition) is 1. The molecule has 1 fully saturated rings. The Morgan fingerprint density at radius 2 is 1.89 bits per heavy atom. The predicted molar refractivity (Wildman–Crippen MR) is 94.3 cm³/mol. The summed E-state index contributed by atoms with van der Waals surface area (Å²) >= 11 is 0. The number of carbonyl (C=O) groups is 2. The van der Waals surface area contributed by atoms with E-state index in [2.05, 4.69) is 5.32 Å². The molecule has 140 valence electrons. The van der Waals surface area contributed by atoms with Crippen LogP contribution in [0.3, 0.4) is 0 Å². The van der Waals surface area contributed by atoms with Crippen LogP contribution in [0.2, 0.25) is 0 Å². The van der Waals surface area contributed by atoms with Crippen LogP contribution in [-0.4, -0.2) is 25.0 Å². The Morgan fingerprint density at radius 3 is 2.67 bits per heavy atom. The van der Waals surface area contributed by atoms with Crippen LogP contribution in [0.5, 0.6) is 5.75 Å². The zero-order valence-electron chi connectivity index (χ0n) is 14.5. The third-order valence-corrected chi connectivity index (χ3v) is 4.93. The van der Waals surface area contributed by atoms with E-state index in [4.69, 9.17) is 4.74 Å². The Kier molecular flexibility index (Phi) is 4.51. The Labute approximate surface area is 154 Å². The van der Waals surface area contributed by atoms with E-state index in [-0.39, 0.29) is 36.5 Å². The van der Waals surface area contributed by atoms with E-state index in [0.29, 0.717) is 13.0 Å². The van der Waals surface area contributed by atoms with Gasteiger partial charge in [0.1, 0.15) is 17.4 Å². The maximum absolute atomic E-state index is 13.4. The molecule has 2 atom stereocenters. The molecule has 2 aromatic rings. The molecule has 2 amide bonds. The summed E-state index contributed by atoms with van der Waals surface area (Å²) in [4.78, 5) is 26.2. The van der Waals surface area contributed by atoms with Crippen molar-refractivity contribution in [2.75, 3.05) is 18.1 Å². The Balaban J connectivity index is 1.47. The van der Waals surface area contributed by atoms with Crippen molar-refractivity contribution in [3.05, 3.63) is 59.7 Å². The molecular weight excluding hydrogens is 354 g/mol. The van der Waals surface area contributed by atoms with Gasteiger partial charge in [0.05, 0.1) is 18.6 Å². The molecular formula is C20H18F2N2O3. The fourth-order valence-corrected chi connectivity index (χ4v) is 3.61. The number of amides is 2. The van der Waals surface area contributed by atoms with Gasteiger partial charge in [0.2, 0.25) is 11.8 Å². The second-order valence-corrected chi connectivity index (χ2v) is 6.77. The van der Waals surface area contributed by atoms with Crippen molar-refractivity contribution in [2.45, 2.75) is 18.9 Å². The third kappa shape index (κ3) is 3.49. The van der Waals surface area contributed by atoms with Gasteiger partial charge in [0, 0.05) is 36.7 Å². The first kappa shape index (κ1) is 17.5. The smallest absolute Gasteiger partial charge is 0.227 e. The average molecular weight is 372 g/mol. The first-order chi connectivity index (χ1) is 13.0. The molecule has 2 aromatic carbocycles. The standard InChI is InChI=1S/C20H18F2N2O3/c21-13-8-14(22)10-15(9-13)24-11-12(7-19(24)25)20(26)23-17-5-6-27-18-4-2-1-3-16(17)18/h1-4,8-10,12,17H,5-7,11H2,(H,23,26)/t12-,17+/m1/s1. The molecule has 0 aliphatic carbocycles. The van der Waals surface area contributed by atoms with Crippen molar-refractivity contribution in [2.24, 2.45) is 5.92 Å². The molecule has 1 saturated heterocycles. The molecule has 0 bridgehead atoms. The highest BCUT2D eigenvalue weighted by Gasteiger charge is 2.36. The maximum atomic E-state index is 13.4. The normalized spacial score (nSPS) is 21.6. The van der Waals surface area contributed by atoms with Crippen molar-refractivity contribution in [1.29, 1.82) is 0 Å². The molecule has 2 aliphatic heterocycles. The second-order valence-electron chi connectivity index (χ2n) is 6.77. The Hall–Kier alpha value is -2.96. The summed E-state index contributed by atoms with van der Waals surface area (Å²) in [5.74, 6) is -1.92. The molecule has 7 heteroatoms. The third-order valence-electron chi connectivity index (χ3n) is 4.93. The lowest BCUT2D eigenvalue weighted by Crippen LogP contribution is -2.37. The quantitative estimate of drug-likeness (QED) is 0.901. The van der Waals surface area contributed by atoms with Crippen LogP contribution in [-0.2, 0) is 9.59 Å². The fraction of sp³-hybridized carbons (Fsp3) is 0.300. The molecule has 1 N–H and O–H groups in total. The van der Waals surface area contributed by atoms with Crippen LogP contribution in [0, 0.1) is 17.6 Å². The van der Waals surface area contributed by atoms with Gasteiger partial charge in [-0.2, -0.15) is 0 Å². The summed E-state index contributed by atoms with van der Waals surface area (Å²) in [6.45, 7) is 0.596. The van der Waals surface area contributed by atoms with Crippen LogP contribution in [0.4, 0.5) is 14.5 Å². The summed E-state index contributed by atoms with van der Waals surface area (Å²) in [6, 6.07) is 10.3. The number of para-hydroxylation sites is 1. The minimum Gasteiger partial charge on any atom is -0.493 e. The number of fused-ring (bicyclic) bond motifs is 1. The van der Waals surface area contributed by atoms with Gasteiger partial charge in [-0.25, -0.2) is 8.78 Å². The summed E-state index contributed by atoms with van der Waals surface area (Å²) in [5.41, 5.74) is 1.04. The van der Waals surface area contributed by atoms with Gasteiger partial charge in [-0.05, 0) is 18.2 Å². The number of hydrogen-bond acceptors (Lipinski definition) is 3. The van der Waals surface area contributed by atoms with E-state index in [1.807, 2.05) is 24.3 Å². The van der Waals surface area contributed by atoms with Crippen LogP contribution in [0.25, 0.3) is 0 Å². The predicted octanol–water partition coefficient (Wildman–Crippen LogP) is 2.96. The minimum absolute atomic E-state index is 0.00876. The second kappa shape index (κ2) is 6.98. The Morgan fingerprint density at radius 1 is 1.15 bits per heavy atom. The van der Waals surface area contributed by atoms with Crippen molar-refractivity contribution >= 4 is 17.5 Å². The van der Waals surface area contributed by atoms with Gasteiger partial charge in [-0.3, -0.25) is 9.59 Å². The van der Waals surface area contributed by atoms with Gasteiger partial charge in [-0.15, -0.1) is 0 Å². The summed E-state index contributed by atoms with van der Waals surface area (Å²) in [5, 5.41) is 2.99. The van der Waals surface area contributed by atoms with Gasteiger partial charge < -0.3 is 15.0 Å². The van der Waals surface area contributed by atoms with E-state index >= 15 is 0 Å². The number of carbonyl (C=O) groups excluding carboxylic acids is 2. The van der Waals surface area contributed by atoms with Crippen molar-refractivity contribution in [3.63, 3.8) is 0 Å². The van der Waals surface area contributed by atoms with Crippen molar-refractivity contribution in [3.8, 4) is 5.75 Å². The van der Waals surface area contributed by atoms with Gasteiger partial charge in [0.25, 0.3) is 0 Å². The largest absolute Gasteiger partial charge is 0.493 e. The van der Waals surface area contributed by atoms with Crippen molar-refractivity contribution in [1.82, 2.24) is 5.32 Å². The highest BCUT2D eigenvalue weighted by Crippen LogP contribution is 2.33. The lowest BCUT2D eigenvalue weighted by Gasteiger charge is -2.27. The summed E-state index contributed by atoms with van der Waals surface area (Å²) < 4.78 is 32.5. The molecule has 0 unspecified atom stereocenters. The molecule has 27 heavy (non-hydrogen) atoms. The van der Waals surface area contributed by atoms with Crippen LogP contribution < -0.4 is 15.0 Å².